The van der Waals surface area contributed by atoms with Gasteiger partial charge in [0.25, 0.3) is 0 Å². The molecule has 0 fully saturated rings. The van der Waals surface area contributed by atoms with Crippen molar-refractivity contribution in [2.75, 3.05) is 39.6 Å². The molecule has 0 saturated carbocycles. The van der Waals surface area contributed by atoms with Gasteiger partial charge in [0.15, 0.2) is 12.2 Å². The molecule has 3 N–H and O–H groups in total. The van der Waals surface area contributed by atoms with Crippen LogP contribution in [0.1, 0.15) is 374 Å². The van der Waals surface area contributed by atoms with Gasteiger partial charge in [-0.15, -0.1) is 0 Å². The molecular formula is C77H144O17P2. The summed E-state index contributed by atoms with van der Waals surface area (Å²) in [6.45, 7) is 4.90. The minimum Gasteiger partial charge on any atom is -0.462 e. The Hall–Kier alpha value is -2.72. The molecule has 0 saturated heterocycles. The summed E-state index contributed by atoms with van der Waals surface area (Å²) >= 11 is 0. The van der Waals surface area contributed by atoms with Gasteiger partial charge >= 0.3 is 39.5 Å². The first-order chi connectivity index (χ1) is 46.7. The summed E-state index contributed by atoms with van der Waals surface area (Å²) in [5.41, 5.74) is 0. The summed E-state index contributed by atoms with van der Waals surface area (Å²) in [7, 11) is -9.93. The molecule has 19 heteroatoms. The van der Waals surface area contributed by atoms with Crippen LogP contribution in [0.2, 0.25) is 0 Å². The highest BCUT2D eigenvalue weighted by molar-refractivity contribution is 7.47. The molecule has 564 valence electrons. The van der Waals surface area contributed by atoms with Crippen molar-refractivity contribution in [1.29, 1.82) is 0 Å². The van der Waals surface area contributed by atoms with Crippen LogP contribution in [0.25, 0.3) is 0 Å². The van der Waals surface area contributed by atoms with Gasteiger partial charge in [-0.25, -0.2) is 9.13 Å². The molecule has 0 rings (SSSR count). The van der Waals surface area contributed by atoms with Crippen LogP contribution in [0, 0.1) is 0 Å². The molecule has 0 spiro atoms. The number of hydrogen-bond acceptors (Lipinski definition) is 15. The van der Waals surface area contributed by atoms with Gasteiger partial charge in [-0.1, -0.05) is 282 Å². The predicted molar refractivity (Wildman–Crippen MR) is 391 cm³/mol. The fraction of sp³-hybridized carbons (Fsp3) is 0.870. The van der Waals surface area contributed by atoms with Gasteiger partial charge < -0.3 is 33.8 Å². The largest absolute Gasteiger partial charge is 0.472 e. The molecule has 17 nitrogen and oxygen atoms in total. The maximum Gasteiger partial charge on any atom is 0.472 e. The Morgan fingerprint density at radius 1 is 0.281 bits per heavy atom. The minimum atomic E-state index is -4.97. The molecule has 0 aromatic rings. The third kappa shape index (κ3) is 69.7. The van der Waals surface area contributed by atoms with Crippen molar-refractivity contribution in [3.05, 3.63) is 36.5 Å². The highest BCUT2D eigenvalue weighted by atomic mass is 31.2. The number of aliphatic hydroxyl groups is 1. The molecular weight excluding hydrogens is 1260 g/mol. The highest BCUT2D eigenvalue weighted by Gasteiger charge is 2.30. The lowest BCUT2D eigenvalue weighted by Gasteiger charge is -2.21. The molecule has 5 atom stereocenters. The Bertz CT molecular complexity index is 1970. The van der Waals surface area contributed by atoms with Gasteiger partial charge in [-0.3, -0.25) is 37.3 Å². The quantitative estimate of drug-likeness (QED) is 0.0169. The summed E-state index contributed by atoms with van der Waals surface area (Å²) in [4.78, 5) is 72.8. The number of unbranched alkanes of at least 4 members (excludes halogenated alkanes) is 43. The molecule has 0 bridgehead atoms. The summed E-state index contributed by atoms with van der Waals surface area (Å²) < 4.78 is 68.5. The standard InChI is InChI=1S/C77H144O17P2/c1-5-9-13-17-21-25-29-33-35-39-42-46-50-54-58-62-75(80)88-68-72(93-76(81)63-59-55-51-47-43-38-32-28-24-20-16-12-8-4)69-91-95(83,84)89-65-71(78)66-90-96(85,86)92-70-73(67-87-74(79)61-57-53-49-45-41-37-31-27-23-19-15-11-7-3)94-77(82)64-60-56-52-48-44-40-36-34-30-26-22-18-14-10-6-2/h25,27,29,31,34,36,71-73,78H,5-24,26,28,30,32-33,35,37-70H2,1-4H3,(H,83,84)(H,85,86)/b29-25-,31-27-,36-34-/t71-,72-,73-/m1/s1. The number of phosphoric acid groups is 2. The van der Waals surface area contributed by atoms with Crippen LogP contribution >= 0.6 is 15.6 Å². The summed E-state index contributed by atoms with van der Waals surface area (Å²) in [6.07, 6.45) is 65.5. The fourth-order valence-electron chi connectivity index (χ4n) is 11.0. The summed E-state index contributed by atoms with van der Waals surface area (Å²) in [6, 6.07) is 0. The van der Waals surface area contributed by atoms with Crippen molar-refractivity contribution in [3.63, 3.8) is 0 Å². The van der Waals surface area contributed by atoms with E-state index in [2.05, 4.69) is 64.2 Å². The number of aliphatic hydroxyl groups excluding tert-OH is 1. The normalized spacial score (nSPS) is 14.1. The number of ether oxygens (including phenoxy) is 4. The van der Waals surface area contributed by atoms with E-state index in [1.165, 1.54) is 154 Å². The smallest absolute Gasteiger partial charge is 0.462 e. The summed E-state index contributed by atoms with van der Waals surface area (Å²) in [5.74, 6) is -2.16. The van der Waals surface area contributed by atoms with Crippen molar-refractivity contribution < 1.29 is 80.2 Å². The average Bonchev–Trinajstić information content (AvgIpc) is 1.17. The predicted octanol–water partition coefficient (Wildman–Crippen LogP) is 22.3. The average molecular weight is 1400 g/mol. The SMILES string of the molecule is CCCCCC/C=C\CCCCCCCCCC(=O)OC[C@H](COP(=O)(O)OC[C@@H](O)COP(=O)(O)OC[C@@H](COC(=O)CCCCCCC/C=C\CCCCCC)OC(=O)CCCCCCC/C=C\CCCCCCCC)OC(=O)CCCCCCCCCCCCCCC. The van der Waals surface area contributed by atoms with E-state index < -0.39 is 97.5 Å². The monoisotopic (exact) mass is 1400 g/mol. The first-order valence-corrected chi connectivity index (χ1v) is 42.2. The molecule has 96 heavy (non-hydrogen) atoms. The zero-order valence-corrected chi connectivity index (χ0v) is 63.4. The van der Waals surface area contributed by atoms with Crippen LogP contribution in [0.4, 0.5) is 0 Å². The lowest BCUT2D eigenvalue weighted by Crippen LogP contribution is -2.30. The van der Waals surface area contributed by atoms with Crippen LogP contribution < -0.4 is 0 Å². The number of rotatable bonds is 75. The van der Waals surface area contributed by atoms with Gasteiger partial charge in [0.2, 0.25) is 0 Å². The zero-order valence-electron chi connectivity index (χ0n) is 61.6. The highest BCUT2D eigenvalue weighted by Crippen LogP contribution is 2.45. The molecule has 0 heterocycles. The van der Waals surface area contributed by atoms with Crippen LogP contribution in [0.3, 0.4) is 0 Å². The number of phosphoric ester groups is 2. The topological polar surface area (TPSA) is 237 Å². The Balaban J connectivity index is 5.31. The van der Waals surface area contributed by atoms with E-state index in [1.54, 1.807) is 0 Å². The van der Waals surface area contributed by atoms with Crippen molar-refractivity contribution >= 4 is 39.5 Å². The lowest BCUT2D eigenvalue weighted by molar-refractivity contribution is -0.161. The number of hydrogen-bond donors (Lipinski definition) is 3. The van der Waals surface area contributed by atoms with E-state index in [4.69, 9.17) is 37.0 Å². The van der Waals surface area contributed by atoms with Gasteiger partial charge in [0, 0.05) is 25.7 Å². The Labute approximate surface area is 585 Å². The lowest BCUT2D eigenvalue weighted by atomic mass is 10.0. The second kappa shape index (κ2) is 70.7. The maximum absolute atomic E-state index is 13.1. The Morgan fingerprint density at radius 3 is 0.729 bits per heavy atom. The van der Waals surface area contributed by atoms with Crippen LogP contribution in [0.15, 0.2) is 36.5 Å². The van der Waals surface area contributed by atoms with Crippen LogP contribution in [0.5, 0.6) is 0 Å². The zero-order chi connectivity index (χ0) is 70.4. The van der Waals surface area contributed by atoms with E-state index in [0.717, 1.165) is 141 Å². The molecule has 0 radical (unpaired) electrons. The second-order valence-corrected chi connectivity index (χ2v) is 29.6. The third-order valence-electron chi connectivity index (χ3n) is 17.1. The van der Waals surface area contributed by atoms with Gasteiger partial charge in [0.1, 0.15) is 19.3 Å². The van der Waals surface area contributed by atoms with Crippen LogP contribution in [-0.4, -0.2) is 96.7 Å². The molecule has 2 unspecified atom stereocenters. The Kier molecular flexibility index (Phi) is 68.7. The van der Waals surface area contributed by atoms with E-state index in [1.807, 2.05) is 0 Å². The van der Waals surface area contributed by atoms with E-state index >= 15 is 0 Å². The van der Waals surface area contributed by atoms with Gasteiger partial charge in [0.05, 0.1) is 26.4 Å². The minimum absolute atomic E-state index is 0.0898. The number of carbonyl (C=O) groups excluding carboxylic acids is 4. The number of allylic oxidation sites excluding steroid dienone is 6. The van der Waals surface area contributed by atoms with Gasteiger partial charge in [-0.2, -0.15) is 0 Å². The molecule has 0 aliphatic carbocycles. The number of esters is 4. The molecule has 0 aliphatic rings. The van der Waals surface area contributed by atoms with E-state index in [0.29, 0.717) is 25.7 Å². The van der Waals surface area contributed by atoms with Crippen LogP contribution in [-0.2, 0) is 65.4 Å². The molecule has 0 aliphatic heterocycles. The summed E-state index contributed by atoms with van der Waals surface area (Å²) in [5, 5.41) is 10.6. The second-order valence-electron chi connectivity index (χ2n) is 26.7. The van der Waals surface area contributed by atoms with Crippen molar-refractivity contribution in [1.82, 2.24) is 0 Å². The first-order valence-electron chi connectivity index (χ1n) is 39.2. The molecule has 0 aromatic carbocycles. The fourth-order valence-corrected chi connectivity index (χ4v) is 12.6. The van der Waals surface area contributed by atoms with E-state index in [9.17, 15) is 43.2 Å². The molecule has 0 aromatic heterocycles. The van der Waals surface area contributed by atoms with Crippen molar-refractivity contribution in [3.8, 4) is 0 Å². The van der Waals surface area contributed by atoms with Crippen molar-refractivity contribution in [2.24, 2.45) is 0 Å². The van der Waals surface area contributed by atoms with Gasteiger partial charge in [-0.05, 0) is 103 Å². The number of carbonyl (C=O) groups is 4. The molecule has 0 amide bonds. The third-order valence-corrected chi connectivity index (χ3v) is 19.0. The van der Waals surface area contributed by atoms with Crippen molar-refractivity contribution in [2.45, 2.75) is 393 Å². The Morgan fingerprint density at radius 2 is 0.479 bits per heavy atom. The first kappa shape index (κ1) is 93.3. The maximum atomic E-state index is 13.1. The van der Waals surface area contributed by atoms with E-state index in [-0.39, 0.29) is 25.7 Å².